The van der Waals surface area contributed by atoms with Gasteiger partial charge >= 0.3 is 0 Å². The second-order valence-electron chi connectivity index (χ2n) is 7.27. The van der Waals surface area contributed by atoms with Crippen molar-refractivity contribution in [3.63, 3.8) is 0 Å². The Morgan fingerprint density at radius 1 is 1.09 bits per heavy atom. The number of likely N-dealkylation sites (tertiary alicyclic amines) is 1. The van der Waals surface area contributed by atoms with Crippen molar-refractivity contribution in [2.75, 3.05) is 13.1 Å². The number of amides is 1. The zero-order chi connectivity index (χ0) is 16.1. The van der Waals surface area contributed by atoms with Gasteiger partial charge in [-0.1, -0.05) is 42.0 Å². The van der Waals surface area contributed by atoms with Gasteiger partial charge in [0.15, 0.2) is 0 Å². The van der Waals surface area contributed by atoms with Crippen LogP contribution in [0.1, 0.15) is 49.7 Å². The Kier molecular flexibility index (Phi) is 5.53. The average Bonchev–Trinajstić information content (AvgIpc) is 2.62. The quantitative estimate of drug-likeness (QED) is 0.749. The second-order valence-corrected chi connectivity index (χ2v) is 7.27. The summed E-state index contributed by atoms with van der Waals surface area (Å²) in [5, 5.41) is 0. The van der Waals surface area contributed by atoms with Crippen molar-refractivity contribution in [3.8, 4) is 0 Å². The third-order valence-corrected chi connectivity index (χ3v) is 5.51. The summed E-state index contributed by atoms with van der Waals surface area (Å²) in [6, 6.07) is 8.92. The van der Waals surface area contributed by atoms with E-state index in [2.05, 4.69) is 48.2 Å². The predicted molar refractivity (Wildman–Crippen MR) is 95.3 cm³/mol. The molecule has 0 saturated carbocycles. The van der Waals surface area contributed by atoms with Crippen LogP contribution in [-0.2, 0) is 11.2 Å². The maximum atomic E-state index is 12.6. The van der Waals surface area contributed by atoms with E-state index in [-0.39, 0.29) is 5.92 Å². The van der Waals surface area contributed by atoms with Crippen molar-refractivity contribution in [1.29, 1.82) is 0 Å². The standard InChI is InChI=1S/C21H29NO/c1-17-7-9-18(10-8-17)11-12-19-13-15-22(16-14-19)21(23)20-5-3-2-4-6-20/h2-3,7-10,19-20H,4-6,11-16H2,1H3. The SMILES string of the molecule is Cc1ccc(CCC2CCN(C(=O)C3CC=CCC3)CC2)cc1. The minimum Gasteiger partial charge on any atom is -0.342 e. The average molecular weight is 311 g/mol. The van der Waals surface area contributed by atoms with E-state index in [1.54, 1.807) is 0 Å². The summed E-state index contributed by atoms with van der Waals surface area (Å²) in [7, 11) is 0. The van der Waals surface area contributed by atoms with Crippen LogP contribution in [-0.4, -0.2) is 23.9 Å². The number of hydrogen-bond acceptors (Lipinski definition) is 1. The topological polar surface area (TPSA) is 20.3 Å². The Hall–Kier alpha value is -1.57. The van der Waals surface area contributed by atoms with Crippen molar-refractivity contribution in [2.45, 2.75) is 51.9 Å². The Bertz CT molecular complexity index is 537. The lowest BCUT2D eigenvalue weighted by Gasteiger charge is -2.34. The fourth-order valence-electron chi connectivity index (χ4n) is 3.84. The van der Waals surface area contributed by atoms with E-state index in [9.17, 15) is 4.79 Å². The summed E-state index contributed by atoms with van der Waals surface area (Å²) in [6.07, 6.45) is 12.3. The van der Waals surface area contributed by atoms with Crippen LogP contribution in [0, 0.1) is 18.8 Å². The summed E-state index contributed by atoms with van der Waals surface area (Å²) in [5.74, 6) is 1.45. The molecule has 2 heteroatoms. The highest BCUT2D eigenvalue weighted by Crippen LogP contribution is 2.26. The molecular weight excluding hydrogens is 282 g/mol. The predicted octanol–water partition coefficient (Wildman–Crippen LogP) is 4.52. The van der Waals surface area contributed by atoms with E-state index < -0.39 is 0 Å². The number of piperidine rings is 1. The van der Waals surface area contributed by atoms with Crippen molar-refractivity contribution < 1.29 is 4.79 Å². The van der Waals surface area contributed by atoms with Gasteiger partial charge in [0.25, 0.3) is 0 Å². The van der Waals surface area contributed by atoms with Crippen LogP contribution in [0.3, 0.4) is 0 Å². The molecule has 1 unspecified atom stereocenters. The van der Waals surface area contributed by atoms with Crippen molar-refractivity contribution in [3.05, 3.63) is 47.5 Å². The molecule has 1 aliphatic carbocycles. The number of carbonyl (C=O) groups excluding carboxylic acids is 1. The number of allylic oxidation sites excluding steroid dienone is 2. The molecule has 23 heavy (non-hydrogen) atoms. The van der Waals surface area contributed by atoms with Crippen LogP contribution in [0.4, 0.5) is 0 Å². The highest BCUT2D eigenvalue weighted by molar-refractivity contribution is 5.79. The molecule has 1 fully saturated rings. The third kappa shape index (κ3) is 4.46. The minimum atomic E-state index is 0.254. The monoisotopic (exact) mass is 311 g/mol. The van der Waals surface area contributed by atoms with Gasteiger partial charge in [0.2, 0.25) is 5.91 Å². The minimum absolute atomic E-state index is 0.254. The van der Waals surface area contributed by atoms with Crippen LogP contribution >= 0.6 is 0 Å². The van der Waals surface area contributed by atoms with Crippen LogP contribution in [0.25, 0.3) is 0 Å². The summed E-state index contributed by atoms with van der Waals surface area (Å²) >= 11 is 0. The van der Waals surface area contributed by atoms with E-state index in [0.29, 0.717) is 5.91 Å². The van der Waals surface area contributed by atoms with Gasteiger partial charge in [-0.25, -0.2) is 0 Å². The van der Waals surface area contributed by atoms with Gasteiger partial charge in [-0.2, -0.15) is 0 Å². The maximum Gasteiger partial charge on any atom is 0.226 e. The molecule has 1 aliphatic heterocycles. The van der Waals surface area contributed by atoms with Crippen LogP contribution in [0.2, 0.25) is 0 Å². The molecule has 1 amide bonds. The number of nitrogens with zero attached hydrogens (tertiary/aromatic N) is 1. The van der Waals surface area contributed by atoms with E-state index in [4.69, 9.17) is 0 Å². The molecule has 1 heterocycles. The van der Waals surface area contributed by atoms with Crippen molar-refractivity contribution in [1.82, 2.24) is 4.90 Å². The number of carbonyl (C=O) groups is 1. The van der Waals surface area contributed by atoms with Gasteiger partial charge in [0.1, 0.15) is 0 Å². The molecule has 1 aromatic carbocycles. The highest BCUT2D eigenvalue weighted by Gasteiger charge is 2.27. The van der Waals surface area contributed by atoms with Gasteiger partial charge in [-0.3, -0.25) is 4.79 Å². The lowest BCUT2D eigenvalue weighted by molar-refractivity contribution is -0.137. The molecule has 1 saturated heterocycles. The first-order valence-electron chi connectivity index (χ1n) is 9.21. The third-order valence-electron chi connectivity index (χ3n) is 5.51. The first-order chi connectivity index (χ1) is 11.2. The number of hydrogen-bond donors (Lipinski definition) is 0. The molecule has 1 aromatic rings. The Balaban J connectivity index is 1.42. The molecular formula is C21H29NO. The fourth-order valence-corrected chi connectivity index (χ4v) is 3.84. The number of benzene rings is 1. The molecule has 2 nitrogen and oxygen atoms in total. The van der Waals surface area contributed by atoms with Gasteiger partial charge in [0.05, 0.1) is 0 Å². The van der Waals surface area contributed by atoms with E-state index in [1.807, 2.05) is 0 Å². The summed E-state index contributed by atoms with van der Waals surface area (Å²) < 4.78 is 0. The van der Waals surface area contributed by atoms with Gasteiger partial charge in [-0.05, 0) is 63.4 Å². The Morgan fingerprint density at radius 3 is 2.48 bits per heavy atom. The summed E-state index contributed by atoms with van der Waals surface area (Å²) in [6.45, 7) is 4.08. The molecule has 0 radical (unpaired) electrons. The zero-order valence-corrected chi connectivity index (χ0v) is 14.3. The Morgan fingerprint density at radius 2 is 1.83 bits per heavy atom. The first-order valence-corrected chi connectivity index (χ1v) is 9.21. The molecule has 0 aromatic heterocycles. The molecule has 2 aliphatic rings. The largest absolute Gasteiger partial charge is 0.342 e. The lowest BCUT2D eigenvalue weighted by atomic mass is 9.88. The zero-order valence-electron chi connectivity index (χ0n) is 14.3. The molecule has 0 bridgehead atoms. The van der Waals surface area contributed by atoms with Crippen LogP contribution in [0.15, 0.2) is 36.4 Å². The van der Waals surface area contributed by atoms with Gasteiger partial charge < -0.3 is 4.90 Å². The van der Waals surface area contributed by atoms with Crippen molar-refractivity contribution >= 4 is 5.91 Å². The van der Waals surface area contributed by atoms with Crippen LogP contribution in [0.5, 0.6) is 0 Å². The normalized spacial score (nSPS) is 22.3. The second kappa shape index (κ2) is 7.81. The highest BCUT2D eigenvalue weighted by atomic mass is 16.2. The van der Waals surface area contributed by atoms with Crippen molar-refractivity contribution in [2.24, 2.45) is 11.8 Å². The fraction of sp³-hybridized carbons (Fsp3) is 0.571. The van der Waals surface area contributed by atoms with E-state index in [1.165, 1.54) is 36.8 Å². The molecule has 124 valence electrons. The number of rotatable bonds is 4. The van der Waals surface area contributed by atoms with E-state index >= 15 is 0 Å². The summed E-state index contributed by atoms with van der Waals surface area (Å²) in [4.78, 5) is 14.7. The van der Waals surface area contributed by atoms with Gasteiger partial charge in [-0.15, -0.1) is 0 Å². The summed E-state index contributed by atoms with van der Waals surface area (Å²) in [5.41, 5.74) is 2.78. The van der Waals surface area contributed by atoms with E-state index in [0.717, 1.165) is 38.3 Å². The lowest BCUT2D eigenvalue weighted by Crippen LogP contribution is -2.42. The first kappa shape index (κ1) is 16.3. The molecule has 0 N–H and O–H groups in total. The van der Waals surface area contributed by atoms with Crippen LogP contribution < -0.4 is 0 Å². The van der Waals surface area contributed by atoms with Gasteiger partial charge in [0, 0.05) is 19.0 Å². The molecule has 0 spiro atoms. The maximum absolute atomic E-state index is 12.6. The smallest absolute Gasteiger partial charge is 0.226 e. The Labute approximate surface area is 140 Å². The number of aryl methyl sites for hydroxylation is 2. The molecule has 1 atom stereocenters. The molecule has 3 rings (SSSR count).